The van der Waals surface area contributed by atoms with E-state index in [0.29, 0.717) is 22.0 Å². The first-order valence-electron chi connectivity index (χ1n) is 13.9. The summed E-state index contributed by atoms with van der Waals surface area (Å²) in [6.45, 7) is 11.3. The molecule has 1 N–H and O–H groups in total. The number of fused-ring (bicyclic) bond motifs is 1. The molecule has 1 aliphatic carbocycles. The molecule has 9 heteroatoms. The van der Waals surface area contributed by atoms with Crippen LogP contribution in [0.2, 0.25) is 0 Å². The third-order valence-electron chi connectivity index (χ3n) is 7.86. The molecular weight excluding hydrogens is 513 g/mol. The lowest BCUT2D eigenvalue weighted by molar-refractivity contribution is 0.137. The van der Waals surface area contributed by atoms with E-state index in [1.54, 1.807) is 29.1 Å². The molecule has 1 fully saturated rings. The normalized spacial score (nSPS) is 14.9. The van der Waals surface area contributed by atoms with Crippen molar-refractivity contribution in [2.24, 2.45) is 5.41 Å². The van der Waals surface area contributed by atoms with Gasteiger partial charge < -0.3 is 9.46 Å². The minimum atomic E-state index is -0.655. The van der Waals surface area contributed by atoms with E-state index in [1.165, 1.54) is 24.3 Å². The van der Waals surface area contributed by atoms with Gasteiger partial charge in [-0.2, -0.15) is 5.26 Å². The predicted octanol–water partition coefficient (Wildman–Crippen LogP) is 8.07. The zero-order valence-electron chi connectivity index (χ0n) is 23.9. The monoisotopic (exact) mass is 553 g/mol. The highest BCUT2D eigenvalue weighted by atomic mass is 32.2. The maximum absolute atomic E-state index is 14.8. The van der Waals surface area contributed by atoms with Crippen LogP contribution in [0.1, 0.15) is 84.7 Å². The van der Waals surface area contributed by atoms with Crippen LogP contribution in [-0.2, 0) is 0 Å². The minimum absolute atomic E-state index is 0.0539. The molecule has 0 saturated heterocycles. The molecular formula is C30H40FN5O2S. The Morgan fingerprint density at radius 1 is 1.21 bits per heavy atom. The lowest BCUT2D eigenvalue weighted by Crippen LogP contribution is -2.32. The van der Waals surface area contributed by atoms with E-state index in [0.717, 1.165) is 45.1 Å². The Kier molecular flexibility index (Phi) is 10.8. The number of anilines is 1. The number of ether oxygens (including phenoxy) is 1. The highest BCUT2D eigenvalue weighted by Crippen LogP contribution is 2.45. The molecule has 0 radical (unpaired) electrons. The lowest BCUT2D eigenvalue weighted by Gasteiger charge is -2.39. The molecule has 1 aliphatic rings. The van der Waals surface area contributed by atoms with E-state index < -0.39 is 5.82 Å². The number of rotatable bonds is 9. The second kappa shape index (κ2) is 13.8. The highest BCUT2D eigenvalue weighted by molar-refractivity contribution is 7.98. The quantitative estimate of drug-likeness (QED) is 0.268. The number of hydrogen-bond donors (Lipinski definition) is 1. The zero-order chi connectivity index (χ0) is 28.6. The Morgan fingerprint density at radius 2 is 1.90 bits per heavy atom. The van der Waals surface area contributed by atoms with Crippen LogP contribution in [0.3, 0.4) is 0 Å². The van der Waals surface area contributed by atoms with Crippen molar-refractivity contribution in [2.75, 3.05) is 18.3 Å². The van der Waals surface area contributed by atoms with Crippen LogP contribution in [0.5, 0.6) is 11.5 Å². The molecule has 3 aromatic rings. The Morgan fingerprint density at radius 3 is 2.51 bits per heavy atom. The molecule has 1 heterocycles. The van der Waals surface area contributed by atoms with Crippen LogP contribution in [-0.4, -0.2) is 27.4 Å². The molecule has 4 rings (SSSR count). The van der Waals surface area contributed by atoms with Crippen molar-refractivity contribution < 1.29 is 9.13 Å². The fourth-order valence-corrected chi connectivity index (χ4v) is 5.60. The summed E-state index contributed by atoms with van der Waals surface area (Å²) in [5.41, 5.74) is 1.30. The van der Waals surface area contributed by atoms with Gasteiger partial charge in [0.15, 0.2) is 11.6 Å². The number of nitriles is 1. The summed E-state index contributed by atoms with van der Waals surface area (Å²) in [7, 11) is 1.90. The Labute approximate surface area is 235 Å². The number of nitrogens with one attached hydrogen (secondary N) is 1. The Balaban J connectivity index is 0.00000205. The van der Waals surface area contributed by atoms with Crippen molar-refractivity contribution in [1.29, 1.82) is 5.26 Å². The van der Waals surface area contributed by atoms with Crippen molar-refractivity contribution in [2.45, 2.75) is 79.2 Å². The molecule has 1 aromatic heterocycles. The number of aromatic nitrogens is 2. The van der Waals surface area contributed by atoms with Gasteiger partial charge in [0.2, 0.25) is 0 Å². The summed E-state index contributed by atoms with van der Waals surface area (Å²) < 4.78 is 27.4. The van der Waals surface area contributed by atoms with E-state index in [1.807, 2.05) is 38.2 Å². The van der Waals surface area contributed by atoms with Crippen molar-refractivity contribution in [3.05, 3.63) is 58.4 Å². The van der Waals surface area contributed by atoms with Gasteiger partial charge in [-0.25, -0.2) is 13.7 Å². The first kappa shape index (κ1) is 30.5. The SMILES string of the molecule is CC.CCN(C)SNc1ccc(F)c(Oc2ccc3ncn(C4CCC(CC)(CC)CC4)c(=O)c3c2)c1C#N. The van der Waals surface area contributed by atoms with Crippen LogP contribution >= 0.6 is 12.1 Å². The first-order chi connectivity index (χ1) is 18.8. The van der Waals surface area contributed by atoms with Crippen LogP contribution in [0, 0.1) is 22.6 Å². The zero-order valence-corrected chi connectivity index (χ0v) is 24.7. The predicted molar refractivity (Wildman–Crippen MR) is 159 cm³/mol. The molecule has 0 aliphatic heterocycles. The lowest BCUT2D eigenvalue weighted by atomic mass is 9.69. The smallest absolute Gasteiger partial charge is 0.261 e. The number of halogens is 1. The molecule has 0 amide bonds. The van der Waals surface area contributed by atoms with Crippen LogP contribution in [0.15, 0.2) is 41.5 Å². The molecule has 39 heavy (non-hydrogen) atoms. The summed E-state index contributed by atoms with van der Waals surface area (Å²) >= 11 is 1.30. The summed E-state index contributed by atoms with van der Waals surface area (Å²) in [6, 6.07) is 9.85. The fraction of sp³-hybridized carbons (Fsp3) is 0.500. The summed E-state index contributed by atoms with van der Waals surface area (Å²) in [5.74, 6) is -0.564. The molecule has 0 atom stereocenters. The van der Waals surface area contributed by atoms with E-state index in [2.05, 4.69) is 23.6 Å². The third-order valence-corrected chi connectivity index (χ3v) is 8.74. The summed E-state index contributed by atoms with van der Waals surface area (Å²) in [6.07, 6.45) is 8.08. The molecule has 0 bridgehead atoms. The van der Waals surface area contributed by atoms with Gasteiger partial charge in [0.1, 0.15) is 17.4 Å². The van der Waals surface area contributed by atoms with Gasteiger partial charge in [0.25, 0.3) is 5.56 Å². The van der Waals surface area contributed by atoms with Crippen molar-refractivity contribution in [3.8, 4) is 17.6 Å². The maximum atomic E-state index is 14.8. The molecule has 1 saturated carbocycles. The van der Waals surface area contributed by atoms with Gasteiger partial charge in [-0.05, 0) is 68.5 Å². The van der Waals surface area contributed by atoms with Gasteiger partial charge in [0, 0.05) is 24.7 Å². The third kappa shape index (κ3) is 6.74. The second-order valence-electron chi connectivity index (χ2n) is 9.72. The molecule has 0 unspecified atom stereocenters. The summed E-state index contributed by atoms with van der Waals surface area (Å²) in [5, 5.41) is 10.2. The van der Waals surface area contributed by atoms with Gasteiger partial charge >= 0.3 is 0 Å². The van der Waals surface area contributed by atoms with Crippen molar-refractivity contribution in [3.63, 3.8) is 0 Å². The molecule has 210 valence electrons. The Bertz CT molecular complexity index is 1360. The molecule has 2 aromatic carbocycles. The number of hydrogen-bond acceptors (Lipinski definition) is 7. The second-order valence-corrected chi connectivity index (χ2v) is 10.7. The van der Waals surface area contributed by atoms with Crippen LogP contribution in [0.25, 0.3) is 10.9 Å². The van der Waals surface area contributed by atoms with E-state index in [9.17, 15) is 14.4 Å². The molecule has 0 spiro atoms. The number of benzene rings is 2. The Hall–Kier alpha value is -3.09. The largest absolute Gasteiger partial charge is 0.453 e. The van der Waals surface area contributed by atoms with Crippen molar-refractivity contribution in [1.82, 2.24) is 13.9 Å². The van der Waals surface area contributed by atoms with Crippen LogP contribution < -0.4 is 15.0 Å². The topological polar surface area (TPSA) is 83.2 Å². The highest BCUT2D eigenvalue weighted by Gasteiger charge is 2.33. The number of nitrogens with zero attached hydrogens (tertiary/aromatic N) is 4. The average molecular weight is 554 g/mol. The summed E-state index contributed by atoms with van der Waals surface area (Å²) in [4.78, 5) is 18.0. The molecule has 7 nitrogen and oxygen atoms in total. The van der Waals surface area contributed by atoms with Gasteiger partial charge in [-0.1, -0.05) is 47.5 Å². The van der Waals surface area contributed by atoms with Crippen molar-refractivity contribution >= 4 is 28.7 Å². The van der Waals surface area contributed by atoms with Gasteiger partial charge in [-0.3, -0.25) is 9.36 Å². The van der Waals surface area contributed by atoms with Gasteiger partial charge in [0.05, 0.1) is 22.9 Å². The fourth-order valence-electron chi connectivity index (χ4n) is 5.05. The van der Waals surface area contributed by atoms with E-state index >= 15 is 0 Å². The van der Waals surface area contributed by atoms with E-state index in [4.69, 9.17) is 4.74 Å². The van der Waals surface area contributed by atoms with E-state index in [-0.39, 0.29) is 28.7 Å². The minimum Gasteiger partial charge on any atom is -0.453 e. The average Bonchev–Trinajstić information content (AvgIpc) is 2.98. The standard InChI is InChI=1S/C28H34FN5O2S.C2H6/c1-5-28(6-2)14-12-19(13-15-28)34-18-31-24-10-8-20(16-21(24)27(34)35)36-26-22(17-30)25(11-9-23(26)29)32-37-33(4)7-3;1-2/h8-11,16,18-19,32H,5-7,12-15H2,1-4H3;1-2H3. The maximum Gasteiger partial charge on any atom is 0.261 e. The first-order valence-corrected chi connectivity index (χ1v) is 14.7. The van der Waals surface area contributed by atoms with Gasteiger partial charge in [-0.15, -0.1) is 0 Å². The van der Waals surface area contributed by atoms with Crippen LogP contribution in [0.4, 0.5) is 10.1 Å².